The molecule has 1 rings (SSSR count). The summed E-state index contributed by atoms with van der Waals surface area (Å²) in [5, 5.41) is 3.59. The van der Waals surface area contributed by atoms with Gasteiger partial charge in [0.25, 0.3) is 0 Å². The van der Waals surface area contributed by atoms with E-state index in [0.717, 1.165) is 7.11 Å². The Labute approximate surface area is 124 Å². The highest BCUT2D eigenvalue weighted by atomic mass is 19.3. The summed E-state index contributed by atoms with van der Waals surface area (Å²) in [6.45, 7) is -3.41. The van der Waals surface area contributed by atoms with Gasteiger partial charge in [-0.15, -0.1) is 0 Å². The SMILES string of the molecule is COCC(=O)/C(=N/Nc1ccccc1OC(F)F)C(=O)OC. The van der Waals surface area contributed by atoms with Crippen molar-refractivity contribution >= 4 is 23.2 Å². The van der Waals surface area contributed by atoms with Crippen LogP contribution in [-0.4, -0.2) is 44.9 Å². The lowest BCUT2D eigenvalue weighted by molar-refractivity contribution is -0.133. The number of rotatable bonds is 8. The van der Waals surface area contributed by atoms with Gasteiger partial charge in [-0.05, 0) is 12.1 Å². The van der Waals surface area contributed by atoms with Gasteiger partial charge in [-0.25, -0.2) is 4.79 Å². The number of alkyl halides is 2. The van der Waals surface area contributed by atoms with Crippen LogP contribution in [0, 0.1) is 0 Å². The molecule has 120 valence electrons. The number of methoxy groups -OCH3 is 2. The maximum Gasteiger partial charge on any atom is 0.387 e. The van der Waals surface area contributed by atoms with Crippen LogP contribution in [0.3, 0.4) is 0 Å². The van der Waals surface area contributed by atoms with Crippen molar-refractivity contribution < 1.29 is 32.6 Å². The van der Waals surface area contributed by atoms with E-state index in [0.29, 0.717) is 0 Å². The Morgan fingerprint density at radius 2 is 1.95 bits per heavy atom. The second-order valence-corrected chi connectivity index (χ2v) is 3.79. The Hall–Kier alpha value is -2.55. The highest BCUT2D eigenvalue weighted by Crippen LogP contribution is 2.25. The van der Waals surface area contributed by atoms with Crippen LogP contribution in [0.5, 0.6) is 5.75 Å². The Morgan fingerprint density at radius 3 is 2.55 bits per heavy atom. The molecule has 0 aromatic heterocycles. The first-order valence-corrected chi connectivity index (χ1v) is 5.97. The van der Waals surface area contributed by atoms with Crippen molar-refractivity contribution in [3.8, 4) is 5.75 Å². The van der Waals surface area contributed by atoms with E-state index in [2.05, 4.69) is 24.7 Å². The van der Waals surface area contributed by atoms with E-state index >= 15 is 0 Å². The topological polar surface area (TPSA) is 86.2 Å². The van der Waals surface area contributed by atoms with E-state index in [4.69, 9.17) is 0 Å². The van der Waals surface area contributed by atoms with E-state index in [9.17, 15) is 18.4 Å². The number of nitrogens with zero attached hydrogens (tertiary/aromatic N) is 1. The fraction of sp³-hybridized carbons (Fsp3) is 0.308. The number of hydrogen-bond acceptors (Lipinski definition) is 7. The predicted octanol–water partition coefficient (Wildman–Crippen LogP) is 1.44. The van der Waals surface area contributed by atoms with E-state index in [1.165, 1.54) is 31.4 Å². The van der Waals surface area contributed by atoms with E-state index in [1.54, 1.807) is 0 Å². The summed E-state index contributed by atoms with van der Waals surface area (Å²) in [5.41, 5.74) is 1.82. The van der Waals surface area contributed by atoms with Gasteiger partial charge >= 0.3 is 12.6 Å². The summed E-state index contributed by atoms with van der Waals surface area (Å²) in [6.07, 6.45) is 0. The third-order valence-electron chi connectivity index (χ3n) is 2.31. The van der Waals surface area contributed by atoms with Crippen LogP contribution in [0.1, 0.15) is 0 Å². The van der Waals surface area contributed by atoms with E-state index < -0.39 is 24.1 Å². The number of para-hydroxylation sites is 2. The molecule has 0 heterocycles. The summed E-state index contributed by atoms with van der Waals surface area (Å²) in [5.74, 6) is -1.90. The first-order chi connectivity index (χ1) is 10.5. The van der Waals surface area contributed by atoms with Crippen molar-refractivity contribution in [3.63, 3.8) is 0 Å². The molecule has 0 atom stereocenters. The van der Waals surface area contributed by atoms with Crippen LogP contribution in [0.4, 0.5) is 14.5 Å². The Balaban J connectivity index is 2.99. The number of halogens is 2. The second kappa shape index (κ2) is 8.67. The molecule has 22 heavy (non-hydrogen) atoms. The van der Waals surface area contributed by atoms with Crippen molar-refractivity contribution in [3.05, 3.63) is 24.3 Å². The predicted molar refractivity (Wildman–Crippen MR) is 73.0 cm³/mol. The van der Waals surface area contributed by atoms with Gasteiger partial charge in [0.05, 0.1) is 12.8 Å². The number of ether oxygens (including phenoxy) is 3. The first-order valence-electron chi connectivity index (χ1n) is 5.97. The summed E-state index contributed by atoms with van der Waals surface area (Å²) in [6, 6.07) is 5.67. The molecular weight excluding hydrogens is 302 g/mol. The van der Waals surface area contributed by atoms with Crippen molar-refractivity contribution in [2.75, 3.05) is 26.3 Å². The lowest BCUT2D eigenvalue weighted by atomic mass is 10.2. The van der Waals surface area contributed by atoms with Crippen molar-refractivity contribution in [1.82, 2.24) is 0 Å². The molecule has 0 radical (unpaired) electrons. The molecule has 9 heteroatoms. The Kier molecular flexibility index (Phi) is 6.90. The minimum atomic E-state index is -3.03. The van der Waals surface area contributed by atoms with Crippen molar-refractivity contribution in [2.45, 2.75) is 6.61 Å². The van der Waals surface area contributed by atoms with Crippen LogP contribution in [0.25, 0.3) is 0 Å². The second-order valence-electron chi connectivity index (χ2n) is 3.79. The Morgan fingerprint density at radius 1 is 1.27 bits per heavy atom. The lowest BCUT2D eigenvalue weighted by Crippen LogP contribution is -2.29. The average Bonchev–Trinajstić information content (AvgIpc) is 2.48. The van der Waals surface area contributed by atoms with Gasteiger partial charge in [-0.3, -0.25) is 10.2 Å². The highest BCUT2D eigenvalue weighted by molar-refractivity contribution is 6.64. The standard InChI is InChI=1S/C13H14F2N2O5/c1-20-7-9(18)11(12(19)21-2)17-16-8-5-3-4-6-10(8)22-13(14)15/h3-6,13,16H,7H2,1-2H3/b17-11-. The zero-order valence-electron chi connectivity index (χ0n) is 11.8. The molecule has 0 amide bonds. The van der Waals surface area contributed by atoms with Gasteiger partial charge in [0.1, 0.15) is 6.61 Å². The maximum atomic E-state index is 12.3. The summed E-state index contributed by atoms with van der Waals surface area (Å²) < 4.78 is 37.9. The number of anilines is 1. The molecule has 1 aromatic rings. The van der Waals surface area contributed by atoms with E-state index in [1.807, 2.05) is 0 Å². The van der Waals surface area contributed by atoms with Gasteiger partial charge in [0, 0.05) is 7.11 Å². The molecule has 0 saturated heterocycles. The minimum absolute atomic E-state index is 0.0504. The van der Waals surface area contributed by atoms with Crippen LogP contribution >= 0.6 is 0 Å². The molecule has 0 unspecified atom stereocenters. The fourth-order valence-corrected chi connectivity index (χ4v) is 1.39. The number of nitrogens with one attached hydrogen (secondary N) is 1. The van der Waals surface area contributed by atoms with Crippen molar-refractivity contribution in [1.29, 1.82) is 0 Å². The molecule has 0 aliphatic rings. The van der Waals surface area contributed by atoms with Crippen LogP contribution in [0.2, 0.25) is 0 Å². The maximum absolute atomic E-state index is 12.3. The van der Waals surface area contributed by atoms with Gasteiger partial charge in [0.2, 0.25) is 11.5 Å². The molecule has 0 aliphatic carbocycles. The summed E-state index contributed by atoms with van der Waals surface area (Å²) in [4.78, 5) is 23.2. The largest absolute Gasteiger partial charge is 0.464 e. The summed E-state index contributed by atoms with van der Waals surface area (Å²) in [7, 11) is 2.35. The van der Waals surface area contributed by atoms with Gasteiger partial charge in [-0.1, -0.05) is 12.1 Å². The number of Topliss-reactive ketones (excluding diaryl/α,β-unsaturated/α-hetero) is 1. The number of hydrazone groups is 1. The lowest BCUT2D eigenvalue weighted by Gasteiger charge is -2.10. The number of carbonyl (C=O) groups is 2. The zero-order valence-corrected chi connectivity index (χ0v) is 11.8. The quantitative estimate of drug-likeness (QED) is 0.338. The number of esters is 1. The third-order valence-corrected chi connectivity index (χ3v) is 2.31. The third kappa shape index (κ3) is 5.09. The number of ketones is 1. The molecule has 1 N–H and O–H groups in total. The molecule has 0 aliphatic heterocycles. The number of carbonyl (C=O) groups excluding carboxylic acids is 2. The molecule has 0 bridgehead atoms. The van der Waals surface area contributed by atoms with Crippen LogP contribution < -0.4 is 10.2 Å². The monoisotopic (exact) mass is 316 g/mol. The molecule has 7 nitrogen and oxygen atoms in total. The molecule has 1 aromatic carbocycles. The molecular formula is C13H14F2N2O5. The van der Waals surface area contributed by atoms with Gasteiger partial charge in [0.15, 0.2) is 5.75 Å². The summed E-state index contributed by atoms with van der Waals surface area (Å²) >= 11 is 0. The first kappa shape index (κ1) is 17.5. The number of benzene rings is 1. The van der Waals surface area contributed by atoms with E-state index in [-0.39, 0.29) is 18.0 Å². The fourth-order valence-electron chi connectivity index (χ4n) is 1.39. The molecule has 0 fully saturated rings. The van der Waals surface area contributed by atoms with Gasteiger partial charge < -0.3 is 14.2 Å². The molecule has 0 saturated carbocycles. The smallest absolute Gasteiger partial charge is 0.387 e. The van der Waals surface area contributed by atoms with Gasteiger partial charge in [-0.2, -0.15) is 13.9 Å². The number of hydrogen-bond donors (Lipinski definition) is 1. The molecule has 0 spiro atoms. The minimum Gasteiger partial charge on any atom is -0.464 e. The highest BCUT2D eigenvalue weighted by Gasteiger charge is 2.21. The Bertz CT molecular complexity index is 563. The van der Waals surface area contributed by atoms with Crippen LogP contribution in [0.15, 0.2) is 29.4 Å². The van der Waals surface area contributed by atoms with Crippen molar-refractivity contribution in [2.24, 2.45) is 5.10 Å². The zero-order chi connectivity index (χ0) is 16.5. The van der Waals surface area contributed by atoms with Crippen LogP contribution in [-0.2, 0) is 19.1 Å². The average molecular weight is 316 g/mol. The normalized spacial score (nSPS) is 11.2.